The summed E-state index contributed by atoms with van der Waals surface area (Å²) in [5, 5.41) is 0. The monoisotopic (exact) mass is 353 g/mol. The first kappa shape index (κ1) is 17.1. The van der Waals surface area contributed by atoms with E-state index in [9.17, 15) is 9.18 Å². The SMILES string of the molecule is CC(C)Oc1ccc(C(=O)N2CCC3(c4ccccc4)CC2C3)c(F)c1. The van der Waals surface area contributed by atoms with Gasteiger partial charge in [-0.25, -0.2) is 4.39 Å². The first-order valence-electron chi connectivity index (χ1n) is 9.31. The summed E-state index contributed by atoms with van der Waals surface area (Å²) in [6.07, 6.45) is 2.85. The Balaban J connectivity index is 1.48. The van der Waals surface area contributed by atoms with Crippen molar-refractivity contribution in [1.29, 1.82) is 0 Å². The number of fused-ring (bicyclic) bond motifs is 2. The molecule has 0 radical (unpaired) electrons. The van der Waals surface area contributed by atoms with Gasteiger partial charge in [0.05, 0.1) is 11.7 Å². The molecule has 2 aromatic rings. The van der Waals surface area contributed by atoms with Gasteiger partial charge in [-0.05, 0) is 50.8 Å². The van der Waals surface area contributed by atoms with Crippen molar-refractivity contribution in [2.75, 3.05) is 6.54 Å². The van der Waals surface area contributed by atoms with E-state index < -0.39 is 5.82 Å². The minimum atomic E-state index is -0.507. The largest absolute Gasteiger partial charge is 0.491 e. The smallest absolute Gasteiger partial charge is 0.257 e. The van der Waals surface area contributed by atoms with Crippen LogP contribution in [0.2, 0.25) is 0 Å². The van der Waals surface area contributed by atoms with Crippen molar-refractivity contribution in [3.05, 3.63) is 65.5 Å². The number of rotatable bonds is 4. The van der Waals surface area contributed by atoms with Crippen molar-refractivity contribution >= 4 is 5.91 Å². The highest BCUT2D eigenvalue weighted by Gasteiger charge is 2.52. The fourth-order valence-corrected chi connectivity index (χ4v) is 4.39. The molecule has 2 bridgehead atoms. The van der Waals surface area contributed by atoms with Gasteiger partial charge in [0, 0.05) is 24.1 Å². The zero-order chi connectivity index (χ0) is 18.3. The number of piperidine rings is 2. The normalized spacial score (nSPS) is 24.3. The van der Waals surface area contributed by atoms with E-state index in [1.807, 2.05) is 24.8 Å². The number of halogens is 1. The Hall–Kier alpha value is -2.36. The van der Waals surface area contributed by atoms with Gasteiger partial charge in [0.2, 0.25) is 0 Å². The number of hydrogen-bond donors (Lipinski definition) is 0. The van der Waals surface area contributed by atoms with Crippen molar-refractivity contribution < 1.29 is 13.9 Å². The van der Waals surface area contributed by atoms with E-state index in [2.05, 4.69) is 24.3 Å². The van der Waals surface area contributed by atoms with Crippen LogP contribution < -0.4 is 4.74 Å². The highest BCUT2D eigenvalue weighted by molar-refractivity contribution is 5.95. The molecular formula is C22H24FNO2. The van der Waals surface area contributed by atoms with Crippen molar-refractivity contribution in [3.8, 4) is 5.75 Å². The molecule has 3 fully saturated rings. The molecule has 0 N–H and O–H groups in total. The van der Waals surface area contributed by atoms with E-state index in [1.54, 1.807) is 12.1 Å². The van der Waals surface area contributed by atoms with Gasteiger partial charge in [0.1, 0.15) is 11.6 Å². The fraction of sp³-hybridized carbons (Fsp3) is 0.409. The van der Waals surface area contributed by atoms with Gasteiger partial charge in [-0.15, -0.1) is 0 Å². The van der Waals surface area contributed by atoms with Crippen LogP contribution in [-0.4, -0.2) is 29.5 Å². The highest BCUT2D eigenvalue weighted by atomic mass is 19.1. The number of amides is 1. The quantitative estimate of drug-likeness (QED) is 0.806. The van der Waals surface area contributed by atoms with Gasteiger partial charge in [0.25, 0.3) is 5.91 Å². The van der Waals surface area contributed by atoms with Gasteiger partial charge >= 0.3 is 0 Å². The lowest BCUT2D eigenvalue weighted by molar-refractivity contribution is -0.00460. The zero-order valence-corrected chi connectivity index (χ0v) is 15.2. The first-order chi connectivity index (χ1) is 12.5. The molecule has 2 heterocycles. The van der Waals surface area contributed by atoms with E-state index in [-0.39, 0.29) is 29.0 Å². The predicted molar refractivity (Wildman–Crippen MR) is 99.0 cm³/mol. The summed E-state index contributed by atoms with van der Waals surface area (Å²) in [4.78, 5) is 14.7. The van der Waals surface area contributed by atoms with Crippen LogP contribution >= 0.6 is 0 Å². The Morgan fingerprint density at radius 2 is 1.92 bits per heavy atom. The van der Waals surface area contributed by atoms with Crippen molar-refractivity contribution in [3.63, 3.8) is 0 Å². The van der Waals surface area contributed by atoms with Crippen molar-refractivity contribution in [2.24, 2.45) is 0 Å². The maximum absolute atomic E-state index is 14.5. The van der Waals surface area contributed by atoms with Crippen molar-refractivity contribution in [2.45, 2.75) is 50.7 Å². The fourth-order valence-electron chi connectivity index (χ4n) is 4.39. The van der Waals surface area contributed by atoms with E-state index in [1.165, 1.54) is 11.6 Å². The van der Waals surface area contributed by atoms with Crippen LogP contribution in [0.25, 0.3) is 0 Å². The second-order valence-electron chi connectivity index (χ2n) is 7.77. The lowest BCUT2D eigenvalue weighted by Gasteiger charge is -2.58. The molecule has 0 aromatic heterocycles. The molecule has 0 atom stereocenters. The van der Waals surface area contributed by atoms with Gasteiger partial charge in [0.15, 0.2) is 0 Å². The third-order valence-corrected chi connectivity index (χ3v) is 5.71. The second-order valence-corrected chi connectivity index (χ2v) is 7.77. The molecule has 4 heteroatoms. The van der Waals surface area contributed by atoms with Crippen LogP contribution in [0.5, 0.6) is 5.75 Å². The van der Waals surface area contributed by atoms with Crippen molar-refractivity contribution in [1.82, 2.24) is 4.90 Å². The average Bonchev–Trinajstić information content (AvgIpc) is 2.61. The van der Waals surface area contributed by atoms with Gasteiger partial charge < -0.3 is 9.64 Å². The summed E-state index contributed by atoms with van der Waals surface area (Å²) in [7, 11) is 0. The third-order valence-electron chi connectivity index (χ3n) is 5.71. The summed E-state index contributed by atoms with van der Waals surface area (Å²) in [6.45, 7) is 4.46. The number of nitrogens with zero attached hydrogens (tertiary/aromatic N) is 1. The lowest BCUT2D eigenvalue weighted by Crippen LogP contribution is -2.61. The maximum Gasteiger partial charge on any atom is 0.257 e. The minimum absolute atomic E-state index is 0.0286. The molecule has 1 aliphatic carbocycles. The summed E-state index contributed by atoms with van der Waals surface area (Å²) in [5.41, 5.74) is 1.71. The minimum Gasteiger partial charge on any atom is -0.491 e. The first-order valence-corrected chi connectivity index (χ1v) is 9.31. The lowest BCUT2D eigenvalue weighted by atomic mass is 9.57. The van der Waals surface area contributed by atoms with E-state index in [0.29, 0.717) is 12.3 Å². The van der Waals surface area contributed by atoms with Gasteiger partial charge in [-0.1, -0.05) is 30.3 Å². The summed E-state index contributed by atoms with van der Waals surface area (Å²) in [5.74, 6) is -0.253. The Kier molecular flexibility index (Phi) is 4.22. The predicted octanol–water partition coefficient (Wildman–Crippen LogP) is 4.56. The second kappa shape index (κ2) is 6.42. The topological polar surface area (TPSA) is 29.5 Å². The van der Waals surface area contributed by atoms with Crippen LogP contribution in [0.4, 0.5) is 4.39 Å². The van der Waals surface area contributed by atoms with Crippen LogP contribution in [0.3, 0.4) is 0 Å². The molecule has 0 spiro atoms. The van der Waals surface area contributed by atoms with E-state index in [0.717, 1.165) is 19.3 Å². The molecule has 2 aliphatic heterocycles. The number of carbonyl (C=O) groups is 1. The Morgan fingerprint density at radius 3 is 2.50 bits per heavy atom. The number of benzene rings is 2. The van der Waals surface area contributed by atoms with Gasteiger partial charge in [-0.3, -0.25) is 4.79 Å². The standard InChI is InChI=1S/C22H24FNO2/c1-15(2)26-18-8-9-19(20(23)12-18)21(25)24-11-10-22(13-17(24)14-22)16-6-4-3-5-7-16/h3-9,12,15,17H,10-11,13-14H2,1-2H3. The van der Waals surface area contributed by atoms with Crippen LogP contribution in [0, 0.1) is 5.82 Å². The molecule has 136 valence electrons. The van der Waals surface area contributed by atoms with Crippen LogP contribution in [-0.2, 0) is 5.41 Å². The molecule has 26 heavy (non-hydrogen) atoms. The molecule has 0 unspecified atom stereocenters. The summed E-state index contributed by atoms with van der Waals surface area (Å²) in [6, 6.07) is 15.3. The average molecular weight is 353 g/mol. The Labute approximate surface area is 153 Å². The number of carbonyl (C=O) groups excluding carboxylic acids is 1. The highest BCUT2D eigenvalue weighted by Crippen LogP contribution is 2.52. The molecule has 5 rings (SSSR count). The molecule has 1 amide bonds. The summed E-state index contributed by atoms with van der Waals surface area (Å²) < 4.78 is 20.0. The Bertz CT molecular complexity index is 807. The zero-order valence-electron chi connectivity index (χ0n) is 15.2. The van der Waals surface area contributed by atoms with E-state index in [4.69, 9.17) is 4.74 Å². The number of hydrogen-bond acceptors (Lipinski definition) is 2. The van der Waals surface area contributed by atoms with E-state index >= 15 is 0 Å². The Morgan fingerprint density at radius 1 is 1.19 bits per heavy atom. The molecular weight excluding hydrogens is 329 g/mol. The molecule has 1 saturated carbocycles. The third kappa shape index (κ3) is 2.87. The van der Waals surface area contributed by atoms with Crippen LogP contribution in [0.15, 0.2) is 48.5 Å². The molecule has 3 aliphatic rings. The van der Waals surface area contributed by atoms with Crippen LogP contribution in [0.1, 0.15) is 49.0 Å². The summed E-state index contributed by atoms with van der Waals surface area (Å²) >= 11 is 0. The maximum atomic E-state index is 14.5. The molecule has 3 nitrogen and oxygen atoms in total. The van der Waals surface area contributed by atoms with Gasteiger partial charge in [-0.2, -0.15) is 0 Å². The molecule has 2 saturated heterocycles. The number of ether oxygens (including phenoxy) is 1. The molecule has 2 aromatic carbocycles.